The third-order valence-corrected chi connectivity index (χ3v) is 2.23. The standard InChI is InChI=1S/C10H9ClN2O/c11-9-3-1-2-7(4-9)10(14)8-5-12-13-6-8/h1-6,10,14H,(H,12,13). The van der Waals surface area contributed by atoms with Crippen molar-refractivity contribution < 1.29 is 5.11 Å². The highest BCUT2D eigenvalue weighted by Crippen LogP contribution is 2.22. The van der Waals surface area contributed by atoms with Gasteiger partial charge in [0.05, 0.1) is 6.20 Å². The highest BCUT2D eigenvalue weighted by atomic mass is 35.5. The lowest BCUT2D eigenvalue weighted by Gasteiger charge is -2.08. The van der Waals surface area contributed by atoms with Crippen LogP contribution >= 0.6 is 11.6 Å². The van der Waals surface area contributed by atoms with Crippen LogP contribution < -0.4 is 0 Å². The quantitative estimate of drug-likeness (QED) is 0.795. The van der Waals surface area contributed by atoms with Crippen molar-refractivity contribution in [2.45, 2.75) is 6.10 Å². The zero-order chi connectivity index (χ0) is 9.97. The number of aromatic nitrogens is 2. The molecule has 0 spiro atoms. The average Bonchev–Trinajstić information content (AvgIpc) is 2.69. The second kappa shape index (κ2) is 3.82. The van der Waals surface area contributed by atoms with Crippen LogP contribution in [0.25, 0.3) is 0 Å². The fourth-order valence-corrected chi connectivity index (χ4v) is 1.48. The van der Waals surface area contributed by atoms with Crippen molar-refractivity contribution in [2.24, 2.45) is 0 Å². The Morgan fingerprint density at radius 3 is 2.86 bits per heavy atom. The molecule has 3 nitrogen and oxygen atoms in total. The van der Waals surface area contributed by atoms with Crippen molar-refractivity contribution in [3.8, 4) is 0 Å². The molecule has 0 saturated heterocycles. The van der Waals surface area contributed by atoms with Gasteiger partial charge in [0.2, 0.25) is 0 Å². The Kier molecular flexibility index (Phi) is 2.52. The summed E-state index contributed by atoms with van der Waals surface area (Å²) in [5.74, 6) is 0. The molecule has 0 aliphatic heterocycles. The molecule has 72 valence electrons. The summed E-state index contributed by atoms with van der Waals surface area (Å²) >= 11 is 5.82. The predicted molar refractivity (Wildman–Crippen MR) is 54.1 cm³/mol. The monoisotopic (exact) mass is 208 g/mol. The average molecular weight is 209 g/mol. The van der Waals surface area contributed by atoms with E-state index in [9.17, 15) is 5.11 Å². The van der Waals surface area contributed by atoms with Crippen molar-refractivity contribution in [3.63, 3.8) is 0 Å². The third-order valence-electron chi connectivity index (χ3n) is 2.00. The molecule has 1 aromatic heterocycles. The molecule has 4 heteroatoms. The van der Waals surface area contributed by atoms with Gasteiger partial charge in [-0.2, -0.15) is 5.10 Å². The van der Waals surface area contributed by atoms with E-state index in [0.29, 0.717) is 5.02 Å². The van der Waals surface area contributed by atoms with E-state index >= 15 is 0 Å². The maximum absolute atomic E-state index is 9.89. The molecule has 0 aliphatic rings. The number of nitrogens with one attached hydrogen (secondary N) is 1. The minimum Gasteiger partial charge on any atom is -0.384 e. The second-order valence-corrected chi connectivity index (χ2v) is 3.43. The van der Waals surface area contributed by atoms with Crippen molar-refractivity contribution in [1.82, 2.24) is 10.2 Å². The van der Waals surface area contributed by atoms with Crippen LogP contribution in [0.4, 0.5) is 0 Å². The molecule has 0 aliphatic carbocycles. The molecule has 0 bridgehead atoms. The van der Waals surface area contributed by atoms with E-state index in [1.165, 1.54) is 0 Å². The topological polar surface area (TPSA) is 48.9 Å². The number of hydrogen-bond acceptors (Lipinski definition) is 2. The molecular weight excluding hydrogens is 200 g/mol. The summed E-state index contributed by atoms with van der Waals surface area (Å²) in [4.78, 5) is 0. The van der Waals surface area contributed by atoms with Crippen molar-refractivity contribution in [1.29, 1.82) is 0 Å². The fraction of sp³-hybridized carbons (Fsp3) is 0.100. The normalized spacial score (nSPS) is 12.7. The van der Waals surface area contributed by atoms with Gasteiger partial charge >= 0.3 is 0 Å². The van der Waals surface area contributed by atoms with Crippen LogP contribution in [0.1, 0.15) is 17.2 Å². The highest BCUT2D eigenvalue weighted by molar-refractivity contribution is 6.30. The molecule has 1 unspecified atom stereocenters. The number of nitrogens with zero attached hydrogens (tertiary/aromatic N) is 1. The maximum atomic E-state index is 9.89. The van der Waals surface area contributed by atoms with Gasteiger partial charge in [0.15, 0.2) is 0 Å². The molecule has 0 amide bonds. The molecule has 1 heterocycles. The lowest BCUT2D eigenvalue weighted by molar-refractivity contribution is 0.220. The second-order valence-electron chi connectivity index (χ2n) is 2.99. The number of aliphatic hydroxyl groups excluding tert-OH is 1. The molecule has 0 saturated carbocycles. The van der Waals surface area contributed by atoms with Gasteiger partial charge in [-0.3, -0.25) is 5.10 Å². The van der Waals surface area contributed by atoms with Crippen molar-refractivity contribution >= 4 is 11.6 Å². The van der Waals surface area contributed by atoms with Crippen LogP contribution in [0.5, 0.6) is 0 Å². The summed E-state index contributed by atoms with van der Waals surface area (Å²) in [6.45, 7) is 0. The Bertz CT molecular complexity index is 414. The smallest absolute Gasteiger partial charge is 0.107 e. The Labute approximate surface area is 86.3 Å². The number of aliphatic hydroxyl groups is 1. The number of aromatic amines is 1. The van der Waals surface area contributed by atoms with E-state index in [1.54, 1.807) is 30.6 Å². The number of rotatable bonds is 2. The number of benzene rings is 1. The van der Waals surface area contributed by atoms with Gasteiger partial charge in [-0.15, -0.1) is 0 Å². The van der Waals surface area contributed by atoms with Gasteiger partial charge in [-0.25, -0.2) is 0 Å². The fourth-order valence-electron chi connectivity index (χ4n) is 1.28. The zero-order valence-electron chi connectivity index (χ0n) is 7.31. The first-order chi connectivity index (χ1) is 6.77. The lowest BCUT2D eigenvalue weighted by Crippen LogP contribution is -1.97. The molecule has 0 radical (unpaired) electrons. The first-order valence-electron chi connectivity index (χ1n) is 4.19. The minimum absolute atomic E-state index is 0.616. The van der Waals surface area contributed by atoms with Crippen LogP contribution in [0.3, 0.4) is 0 Å². The summed E-state index contributed by atoms with van der Waals surface area (Å²) < 4.78 is 0. The SMILES string of the molecule is OC(c1cn[nH]c1)c1cccc(Cl)c1. The molecule has 2 N–H and O–H groups in total. The molecule has 0 fully saturated rings. The maximum Gasteiger partial charge on any atom is 0.107 e. The summed E-state index contributed by atoms with van der Waals surface area (Å²) in [6, 6.07) is 7.14. The molecule has 1 atom stereocenters. The van der Waals surface area contributed by atoms with Crippen molar-refractivity contribution in [2.75, 3.05) is 0 Å². The highest BCUT2D eigenvalue weighted by Gasteiger charge is 2.10. The lowest BCUT2D eigenvalue weighted by atomic mass is 10.1. The Morgan fingerprint density at radius 2 is 2.21 bits per heavy atom. The van der Waals surface area contributed by atoms with Gasteiger partial charge in [0.1, 0.15) is 6.10 Å². The van der Waals surface area contributed by atoms with Crippen LogP contribution in [0.15, 0.2) is 36.7 Å². The van der Waals surface area contributed by atoms with E-state index in [2.05, 4.69) is 10.2 Å². The van der Waals surface area contributed by atoms with Gasteiger partial charge in [0.25, 0.3) is 0 Å². The van der Waals surface area contributed by atoms with E-state index in [1.807, 2.05) is 6.07 Å². The summed E-state index contributed by atoms with van der Waals surface area (Å²) in [5.41, 5.74) is 1.49. The number of H-pyrrole nitrogens is 1. The van der Waals surface area contributed by atoms with Crippen molar-refractivity contribution in [3.05, 3.63) is 52.8 Å². The molecule has 2 rings (SSSR count). The Balaban J connectivity index is 2.32. The van der Waals surface area contributed by atoms with Gasteiger partial charge in [-0.1, -0.05) is 23.7 Å². The molecule has 14 heavy (non-hydrogen) atoms. The minimum atomic E-state index is -0.674. The van der Waals surface area contributed by atoms with Crippen LogP contribution in [0, 0.1) is 0 Å². The van der Waals surface area contributed by atoms with Crippen LogP contribution in [0.2, 0.25) is 5.02 Å². The largest absolute Gasteiger partial charge is 0.384 e. The van der Waals surface area contributed by atoms with E-state index in [0.717, 1.165) is 11.1 Å². The molecule has 2 aromatic rings. The summed E-state index contributed by atoms with van der Waals surface area (Å²) in [7, 11) is 0. The van der Waals surface area contributed by atoms with Gasteiger partial charge in [-0.05, 0) is 17.7 Å². The third kappa shape index (κ3) is 1.78. The zero-order valence-corrected chi connectivity index (χ0v) is 8.07. The number of hydrogen-bond donors (Lipinski definition) is 2. The predicted octanol–water partition coefficient (Wildman–Crippen LogP) is 2.14. The van der Waals surface area contributed by atoms with Crippen LogP contribution in [-0.4, -0.2) is 15.3 Å². The number of halogens is 1. The van der Waals surface area contributed by atoms with Gasteiger partial charge in [0, 0.05) is 16.8 Å². The Hall–Kier alpha value is -1.32. The van der Waals surface area contributed by atoms with Crippen LogP contribution in [-0.2, 0) is 0 Å². The molecule has 1 aromatic carbocycles. The first kappa shape index (κ1) is 9.24. The van der Waals surface area contributed by atoms with E-state index in [-0.39, 0.29) is 0 Å². The summed E-state index contributed by atoms with van der Waals surface area (Å²) in [5, 5.41) is 16.9. The molecular formula is C10H9ClN2O. The Morgan fingerprint density at radius 1 is 1.36 bits per heavy atom. The van der Waals surface area contributed by atoms with Gasteiger partial charge < -0.3 is 5.11 Å². The first-order valence-corrected chi connectivity index (χ1v) is 4.57. The van der Waals surface area contributed by atoms with E-state index in [4.69, 9.17) is 11.6 Å². The summed E-state index contributed by atoms with van der Waals surface area (Å²) in [6.07, 6.45) is 2.57. The van der Waals surface area contributed by atoms with E-state index < -0.39 is 6.10 Å².